The van der Waals surface area contributed by atoms with E-state index in [4.69, 9.17) is 20.6 Å². The number of carbonyl (C=O) groups is 3. The first-order valence-electron chi connectivity index (χ1n) is 10.1. The Morgan fingerprint density at radius 3 is 2.50 bits per heavy atom. The molecule has 0 unspecified atom stereocenters. The van der Waals surface area contributed by atoms with E-state index in [9.17, 15) is 14.4 Å². The maximum Gasteiger partial charge on any atom is 0.383 e. The van der Waals surface area contributed by atoms with Gasteiger partial charge in [0, 0.05) is 24.6 Å². The van der Waals surface area contributed by atoms with Crippen LogP contribution in [-0.2, 0) is 32.2 Å². The van der Waals surface area contributed by atoms with Gasteiger partial charge in [-0.05, 0) is 31.0 Å². The number of benzene rings is 2. The number of hydrogen-bond acceptors (Lipinski definition) is 6. The number of nitrogens with two attached hydrogens (primary N) is 1. The number of rotatable bonds is 8. The summed E-state index contributed by atoms with van der Waals surface area (Å²) < 4.78 is 11.0. The Balaban J connectivity index is 1.89. The summed E-state index contributed by atoms with van der Waals surface area (Å²) in [6, 6.07) is 12.1. The van der Waals surface area contributed by atoms with Gasteiger partial charge in [0.25, 0.3) is 5.91 Å². The van der Waals surface area contributed by atoms with Gasteiger partial charge in [-0.15, -0.1) is 0 Å². The molecular formula is C23H26N4O5. The van der Waals surface area contributed by atoms with Crippen molar-refractivity contribution >= 4 is 23.6 Å². The number of amidine groups is 1. The number of aryl methyl sites for hydroxylation is 1. The van der Waals surface area contributed by atoms with Gasteiger partial charge >= 0.3 is 17.8 Å². The van der Waals surface area contributed by atoms with Gasteiger partial charge in [-0.1, -0.05) is 42.0 Å². The van der Waals surface area contributed by atoms with Gasteiger partial charge < -0.3 is 20.5 Å². The molecule has 0 aliphatic carbocycles. The number of hydrogen-bond donors (Lipinski definition) is 3. The van der Waals surface area contributed by atoms with Crippen LogP contribution < -0.4 is 11.1 Å². The standard InChI is InChI=1S/C23H26N4O5/c1-4-31-23(32-15(3)28,27-13-18-11-14(2)5-10-19(18)21(27)29)22(30)26-12-16-6-8-17(9-7-16)20(24)25/h5-11H,4,12-13H2,1-3H3,(H3,24,25)(H,26,30)/t23-/m0/s1. The lowest BCUT2D eigenvalue weighted by Gasteiger charge is -2.37. The Bertz CT molecular complexity index is 1070. The first kappa shape index (κ1) is 23.0. The minimum atomic E-state index is -2.25. The quantitative estimate of drug-likeness (QED) is 0.249. The predicted octanol–water partition coefficient (Wildman–Crippen LogP) is 1.80. The lowest BCUT2D eigenvalue weighted by molar-refractivity contribution is -0.272. The van der Waals surface area contributed by atoms with E-state index in [-0.39, 0.29) is 25.5 Å². The normalized spacial score (nSPS) is 14.5. The highest BCUT2D eigenvalue weighted by Gasteiger charge is 2.54. The number of esters is 1. The van der Waals surface area contributed by atoms with Crippen LogP contribution in [0.5, 0.6) is 0 Å². The molecule has 168 valence electrons. The van der Waals surface area contributed by atoms with Crippen LogP contribution in [0, 0.1) is 12.3 Å². The molecule has 0 spiro atoms. The van der Waals surface area contributed by atoms with E-state index in [1.807, 2.05) is 13.0 Å². The number of amides is 2. The summed E-state index contributed by atoms with van der Waals surface area (Å²) >= 11 is 0. The summed E-state index contributed by atoms with van der Waals surface area (Å²) in [4.78, 5) is 39.5. The Kier molecular flexibility index (Phi) is 6.59. The molecule has 2 aromatic rings. The van der Waals surface area contributed by atoms with Crippen molar-refractivity contribution in [2.45, 2.75) is 39.8 Å². The van der Waals surface area contributed by atoms with Gasteiger partial charge in [-0.25, -0.2) is 0 Å². The van der Waals surface area contributed by atoms with Crippen LogP contribution in [0.25, 0.3) is 0 Å². The molecule has 0 bridgehead atoms. The van der Waals surface area contributed by atoms with Gasteiger partial charge in [0.05, 0.1) is 13.2 Å². The smallest absolute Gasteiger partial charge is 0.383 e. The maximum absolute atomic E-state index is 13.3. The van der Waals surface area contributed by atoms with Crippen LogP contribution >= 0.6 is 0 Å². The second-order valence-corrected chi connectivity index (χ2v) is 7.45. The molecule has 1 atom stereocenters. The van der Waals surface area contributed by atoms with Crippen LogP contribution in [0.15, 0.2) is 42.5 Å². The zero-order valence-electron chi connectivity index (χ0n) is 18.2. The van der Waals surface area contributed by atoms with E-state index in [1.165, 1.54) is 0 Å². The molecule has 0 saturated carbocycles. The summed E-state index contributed by atoms with van der Waals surface area (Å²) in [5, 5.41) is 10.2. The van der Waals surface area contributed by atoms with Gasteiger partial charge in [0.1, 0.15) is 5.84 Å². The molecule has 0 saturated heterocycles. The van der Waals surface area contributed by atoms with E-state index in [0.29, 0.717) is 11.1 Å². The van der Waals surface area contributed by atoms with Crippen molar-refractivity contribution in [1.29, 1.82) is 5.41 Å². The maximum atomic E-state index is 13.3. The average Bonchev–Trinajstić information content (AvgIpc) is 3.07. The number of nitrogens with one attached hydrogen (secondary N) is 2. The number of nitrogen functional groups attached to an aromatic ring is 1. The predicted molar refractivity (Wildman–Crippen MR) is 116 cm³/mol. The van der Waals surface area contributed by atoms with Crippen molar-refractivity contribution in [1.82, 2.24) is 10.2 Å². The lowest BCUT2D eigenvalue weighted by Crippen LogP contribution is -2.63. The Labute approximate surface area is 186 Å². The summed E-state index contributed by atoms with van der Waals surface area (Å²) in [7, 11) is 0. The number of fused-ring (bicyclic) bond motifs is 1. The van der Waals surface area contributed by atoms with Gasteiger partial charge in [-0.2, -0.15) is 0 Å². The van der Waals surface area contributed by atoms with E-state index >= 15 is 0 Å². The molecule has 1 aliphatic heterocycles. The van der Waals surface area contributed by atoms with Crippen LogP contribution in [-0.4, -0.2) is 41.0 Å². The van der Waals surface area contributed by atoms with Crippen molar-refractivity contribution < 1.29 is 23.9 Å². The zero-order valence-corrected chi connectivity index (χ0v) is 18.2. The molecule has 2 aromatic carbocycles. The number of carbonyl (C=O) groups excluding carboxylic acids is 3. The van der Waals surface area contributed by atoms with Crippen molar-refractivity contribution in [2.24, 2.45) is 5.73 Å². The summed E-state index contributed by atoms with van der Waals surface area (Å²) in [5.41, 5.74) is 8.86. The molecule has 2 amide bonds. The topological polar surface area (TPSA) is 135 Å². The first-order valence-corrected chi connectivity index (χ1v) is 10.1. The zero-order chi connectivity index (χ0) is 23.5. The highest BCUT2D eigenvalue weighted by atomic mass is 16.7. The fourth-order valence-corrected chi connectivity index (χ4v) is 3.57. The minimum absolute atomic E-state index is 0.0210. The summed E-state index contributed by atoms with van der Waals surface area (Å²) in [5.74, 6) is -4.31. The third-order valence-electron chi connectivity index (χ3n) is 5.05. The molecule has 4 N–H and O–H groups in total. The van der Waals surface area contributed by atoms with Gasteiger partial charge in [-0.3, -0.25) is 24.7 Å². The highest BCUT2D eigenvalue weighted by Crippen LogP contribution is 2.32. The summed E-state index contributed by atoms with van der Waals surface area (Å²) in [6.45, 7) is 4.86. The molecule has 0 aromatic heterocycles. The largest absolute Gasteiger partial charge is 0.405 e. The molecule has 32 heavy (non-hydrogen) atoms. The third kappa shape index (κ3) is 4.47. The molecule has 9 heteroatoms. The summed E-state index contributed by atoms with van der Waals surface area (Å²) in [6.07, 6.45) is 0. The first-order chi connectivity index (χ1) is 15.2. The second-order valence-electron chi connectivity index (χ2n) is 7.45. The van der Waals surface area contributed by atoms with Crippen molar-refractivity contribution in [3.63, 3.8) is 0 Å². The minimum Gasteiger partial charge on any atom is -0.405 e. The van der Waals surface area contributed by atoms with Crippen LogP contribution in [0.4, 0.5) is 0 Å². The molecule has 0 fully saturated rings. The molecule has 3 rings (SSSR count). The van der Waals surface area contributed by atoms with E-state index < -0.39 is 23.7 Å². The monoisotopic (exact) mass is 438 g/mol. The van der Waals surface area contributed by atoms with E-state index in [2.05, 4.69) is 5.32 Å². The Morgan fingerprint density at radius 2 is 1.91 bits per heavy atom. The van der Waals surface area contributed by atoms with Crippen molar-refractivity contribution in [2.75, 3.05) is 6.61 Å². The molecule has 1 aliphatic rings. The fourth-order valence-electron chi connectivity index (χ4n) is 3.57. The second kappa shape index (κ2) is 9.19. The molecule has 0 radical (unpaired) electrons. The average molecular weight is 438 g/mol. The van der Waals surface area contributed by atoms with Crippen LogP contribution in [0.1, 0.15) is 46.5 Å². The van der Waals surface area contributed by atoms with Crippen molar-refractivity contribution in [3.8, 4) is 0 Å². The van der Waals surface area contributed by atoms with E-state index in [0.717, 1.165) is 28.5 Å². The van der Waals surface area contributed by atoms with Crippen LogP contribution in [0.3, 0.4) is 0 Å². The third-order valence-corrected chi connectivity index (χ3v) is 5.05. The SMILES string of the molecule is CCO[C@](OC(C)=O)(C(=O)NCc1ccc(C(=N)N)cc1)N1Cc2cc(C)ccc2C1=O. The molecular weight excluding hydrogens is 412 g/mol. The molecule has 1 heterocycles. The van der Waals surface area contributed by atoms with Gasteiger partial charge in [0.2, 0.25) is 0 Å². The fraction of sp³-hybridized carbons (Fsp3) is 0.304. The number of nitrogens with zero attached hydrogens (tertiary/aromatic N) is 1. The Morgan fingerprint density at radius 1 is 1.22 bits per heavy atom. The van der Waals surface area contributed by atoms with Crippen LogP contribution in [0.2, 0.25) is 0 Å². The molecule has 9 nitrogen and oxygen atoms in total. The van der Waals surface area contributed by atoms with Gasteiger partial charge in [0.15, 0.2) is 0 Å². The van der Waals surface area contributed by atoms with E-state index in [1.54, 1.807) is 43.3 Å². The Hall–Kier alpha value is -3.72. The lowest BCUT2D eigenvalue weighted by atomic mass is 10.1. The number of ether oxygens (including phenoxy) is 2. The highest BCUT2D eigenvalue weighted by molar-refractivity contribution is 6.02. The van der Waals surface area contributed by atoms with Crippen molar-refractivity contribution in [3.05, 3.63) is 70.3 Å².